The normalized spacial score (nSPS) is 20.0. The molecule has 6 nitrogen and oxygen atoms in total. The first kappa shape index (κ1) is 14.5. The molecule has 1 saturated heterocycles. The largest absolute Gasteiger partial charge is 0.248 e. The van der Waals surface area contributed by atoms with E-state index in [1.165, 1.54) is 10.4 Å². The molecule has 1 aromatic carbocycles. The molecule has 1 aliphatic heterocycles. The molecule has 1 atom stereocenters. The van der Waals surface area contributed by atoms with Gasteiger partial charge < -0.3 is 0 Å². The van der Waals surface area contributed by atoms with Gasteiger partial charge in [-0.3, -0.25) is 0 Å². The molecule has 2 aromatic rings. The Morgan fingerprint density at radius 3 is 2.90 bits per heavy atom. The van der Waals surface area contributed by atoms with Crippen LogP contribution in [0.5, 0.6) is 0 Å². The zero-order valence-electron chi connectivity index (χ0n) is 11.5. The molecule has 0 aliphatic carbocycles. The SMILES string of the molecule is Cc1ccc(Cl)cc1S(=O)(=O)N1CC[C@@H](n2ccnn2)C1. The summed E-state index contributed by atoms with van der Waals surface area (Å²) in [5.74, 6) is 0. The molecule has 112 valence electrons. The van der Waals surface area contributed by atoms with Crippen molar-refractivity contribution in [3.8, 4) is 0 Å². The van der Waals surface area contributed by atoms with Gasteiger partial charge in [-0.1, -0.05) is 22.9 Å². The maximum absolute atomic E-state index is 12.7. The molecule has 1 aliphatic rings. The summed E-state index contributed by atoms with van der Waals surface area (Å²) >= 11 is 5.93. The van der Waals surface area contributed by atoms with E-state index in [1.807, 2.05) is 0 Å². The second-order valence-corrected chi connectivity index (χ2v) is 7.44. The summed E-state index contributed by atoms with van der Waals surface area (Å²) in [6.45, 7) is 2.64. The third-order valence-corrected chi connectivity index (χ3v) is 5.95. The average molecular weight is 327 g/mol. The lowest BCUT2D eigenvalue weighted by Crippen LogP contribution is -2.30. The summed E-state index contributed by atoms with van der Waals surface area (Å²) in [5, 5.41) is 8.13. The van der Waals surface area contributed by atoms with Crippen LogP contribution in [-0.2, 0) is 10.0 Å². The van der Waals surface area contributed by atoms with Gasteiger partial charge >= 0.3 is 0 Å². The number of nitrogens with zero attached hydrogens (tertiary/aromatic N) is 4. The highest BCUT2D eigenvalue weighted by molar-refractivity contribution is 7.89. The van der Waals surface area contributed by atoms with E-state index in [2.05, 4.69) is 10.3 Å². The minimum absolute atomic E-state index is 0.0294. The smallest absolute Gasteiger partial charge is 0.243 e. The van der Waals surface area contributed by atoms with E-state index in [0.717, 1.165) is 6.42 Å². The molecule has 0 radical (unpaired) electrons. The van der Waals surface area contributed by atoms with Crippen molar-refractivity contribution in [1.82, 2.24) is 19.3 Å². The number of sulfonamides is 1. The van der Waals surface area contributed by atoms with Crippen LogP contribution < -0.4 is 0 Å². The third-order valence-electron chi connectivity index (χ3n) is 3.71. The minimum atomic E-state index is -3.53. The molecular weight excluding hydrogens is 312 g/mol. The predicted octanol–water partition coefficient (Wildman–Crippen LogP) is 1.88. The maximum Gasteiger partial charge on any atom is 0.243 e. The Labute approximate surface area is 128 Å². The van der Waals surface area contributed by atoms with Gasteiger partial charge in [-0.15, -0.1) is 5.10 Å². The monoisotopic (exact) mass is 326 g/mol. The number of hydrogen-bond acceptors (Lipinski definition) is 4. The summed E-state index contributed by atoms with van der Waals surface area (Å²) in [7, 11) is -3.53. The molecule has 2 heterocycles. The van der Waals surface area contributed by atoms with Gasteiger partial charge in [-0.2, -0.15) is 4.31 Å². The zero-order valence-corrected chi connectivity index (χ0v) is 13.0. The van der Waals surface area contributed by atoms with Crippen molar-refractivity contribution in [2.45, 2.75) is 24.3 Å². The molecule has 0 spiro atoms. The van der Waals surface area contributed by atoms with Gasteiger partial charge in [-0.25, -0.2) is 13.1 Å². The third kappa shape index (κ3) is 2.68. The highest BCUT2D eigenvalue weighted by Gasteiger charge is 2.34. The van der Waals surface area contributed by atoms with Crippen molar-refractivity contribution in [1.29, 1.82) is 0 Å². The second kappa shape index (κ2) is 5.40. The van der Waals surface area contributed by atoms with E-state index in [0.29, 0.717) is 23.7 Å². The van der Waals surface area contributed by atoms with Crippen LogP contribution in [-0.4, -0.2) is 40.8 Å². The van der Waals surface area contributed by atoms with E-state index in [9.17, 15) is 8.42 Å². The minimum Gasteiger partial charge on any atom is -0.248 e. The predicted molar refractivity (Wildman–Crippen MR) is 78.6 cm³/mol. The Morgan fingerprint density at radius 1 is 1.38 bits per heavy atom. The average Bonchev–Trinajstić information content (AvgIpc) is 3.11. The standard InChI is InChI=1S/C13H15ClN4O2S/c1-10-2-3-11(14)8-13(10)21(19,20)17-6-4-12(9-17)18-7-5-15-16-18/h2-3,5,7-8,12H,4,6,9H2,1H3/t12-/m1/s1. The molecule has 0 unspecified atom stereocenters. The molecular formula is C13H15ClN4O2S. The molecule has 21 heavy (non-hydrogen) atoms. The van der Waals surface area contributed by atoms with Crippen molar-refractivity contribution in [3.05, 3.63) is 41.2 Å². The van der Waals surface area contributed by atoms with Crippen LogP contribution >= 0.6 is 11.6 Å². The topological polar surface area (TPSA) is 68.1 Å². The Kier molecular flexibility index (Phi) is 3.73. The van der Waals surface area contributed by atoms with Gasteiger partial charge in [0.05, 0.1) is 17.1 Å². The summed E-state index contributed by atoms with van der Waals surface area (Å²) in [6.07, 6.45) is 4.08. The fraction of sp³-hybridized carbons (Fsp3) is 0.385. The Morgan fingerprint density at radius 2 is 2.19 bits per heavy atom. The van der Waals surface area contributed by atoms with E-state index in [4.69, 9.17) is 11.6 Å². The quantitative estimate of drug-likeness (QED) is 0.863. The molecule has 1 aromatic heterocycles. The maximum atomic E-state index is 12.7. The molecule has 0 bridgehead atoms. The lowest BCUT2D eigenvalue weighted by atomic mass is 10.2. The Balaban J connectivity index is 1.88. The van der Waals surface area contributed by atoms with Crippen molar-refractivity contribution < 1.29 is 8.42 Å². The zero-order chi connectivity index (χ0) is 15.0. The van der Waals surface area contributed by atoms with E-state index in [-0.39, 0.29) is 10.9 Å². The second-order valence-electron chi connectivity index (χ2n) is 5.10. The lowest BCUT2D eigenvalue weighted by Gasteiger charge is -2.18. The number of aryl methyl sites for hydroxylation is 1. The molecule has 3 rings (SSSR count). The first-order valence-corrected chi connectivity index (χ1v) is 8.42. The van der Waals surface area contributed by atoms with Crippen LogP contribution in [0.3, 0.4) is 0 Å². The lowest BCUT2D eigenvalue weighted by molar-refractivity contribution is 0.428. The van der Waals surface area contributed by atoms with Gasteiger partial charge in [0.15, 0.2) is 0 Å². The van der Waals surface area contributed by atoms with Gasteiger partial charge in [0.1, 0.15) is 0 Å². The molecule has 0 N–H and O–H groups in total. The number of benzene rings is 1. The van der Waals surface area contributed by atoms with Gasteiger partial charge in [-0.05, 0) is 31.0 Å². The van der Waals surface area contributed by atoms with Crippen molar-refractivity contribution in [3.63, 3.8) is 0 Å². The molecule has 0 amide bonds. The number of hydrogen-bond donors (Lipinski definition) is 0. The van der Waals surface area contributed by atoms with Crippen LogP contribution in [0.2, 0.25) is 5.02 Å². The van der Waals surface area contributed by atoms with Crippen LogP contribution in [0.1, 0.15) is 18.0 Å². The van der Waals surface area contributed by atoms with Crippen LogP contribution in [0.4, 0.5) is 0 Å². The fourth-order valence-electron chi connectivity index (χ4n) is 2.55. The number of aromatic nitrogens is 3. The molecule has 8 heteroatoms. The number of halogens is 1. The Hall–Kier alpha value is -1.44. The van der Waals surface area contributed by atoms with E-state index >= 15 is 0 Å². The molecule has 1 fully saturated rings. The summed E-state index contributed by atoms with van der Waals surface area (Å²) in [4.78, 5) is 0.272. The van der Waals surface area contributed by atoms with Crippen LogP contribution in [0, 0.1) is 6.92 Å². The summed E-state index contributed by atoms with van der Waals surface area (Å²) < 4.78 is 28.7. The number of rotatable bonds is 3. The van der Waals surface area contributed by atoms with E-state index < -0.39 is 10.0 Å². The van der Waals surface area contributed by atoms with E-state index in [1.54, 1.807) is 36.1 Å². The van der Waals surface area contributed by atoms with Gasteiger partial charge in [0.25, 0.3) is 0 Å². The van der Waals surface area contributed by atoms with Crippen molar-refractivity contribution >= 4 is 21.6 Å². The highest BCUT2D eigenvalue weighted by Crippen LogP contribution is 2.29. The highest BCUT2D eigenvalue weighted by atomic mass is 35.5. The first-order chi connectivity index (χ1) is 9.98. The first-order valence-electron chi connectivity index (χ1n) is 6.60. The summed E-state index contributed by atoms with van der Waals surface area (Å²) in [6, 6.07) is 4.95. The van der Waals surface area contributed by atoms with Crippen molar-refractivity contribution in [2.75, 3.05) is 13.1 Å². The van der Waals surface area contributed by atoms with Crippen LogP contribution in [0.15, 0.2) is 35.5 Å². The summed E-state index contributed by atoms with van der Waals surface area (Å²) in [5.41, 5.74) is 0.698. The van der Waals surface area contributed by atoms with Gasteiger partial charge in [0, 0.05) is 24.3 Å². The van der Waals surface area contributed by atoms with Gasteiger partial charge in [0.2, 0.25) is 10.0 Å². The molecule has 0 saturated carbocycles. The van der Waals surface area contributed by atoms with Crippen LogP contribution in [0.25, 0.3) is 0 Å². The fourth-order valence-corrected chi connectivity index (χ4v) is 4.53. The van der Waals surface area contributed by atoms with Crippen molar-refractivity contribution in [2.24, 2.45) is 0 Å². The Bertz CT molecular complexity index is 746.